The maximum atomic E-state index is 12.2. The number of rotatable bonds is 9. The maximum Gasteiger partial charge on any atom is 0.315 e. The molecule has 1 fully saturated rings. The van der Waals surface area contributed by atoms with Crippen LogP contribution >= 0.6 is 0 Å². The van der Waals surface area contributed by atoms with E-state index in [4.69, 9.17) is 0 Å². The summed E-state index contributed by atoms with van der Waals surface area (Å²) in [5.41, 5.74) is 3.49. The molecule has 3 N–H and O–H groups in total. The van der Waals surface area contributed by atoms with Gasteiger partial charge in [-0.2, -0.15) is 0 Å². The standard InChI is InChI=1S/C24H30N4O3/c1-2-11-25-23(30)21-9-4-7-19(14-21)16-27-24(31)26-15-18-6-3-8-20(13-18)17-28-12-5-10-22(28)29/h3-4,6-9,13-14H,2,5,10-12,15-17H2,1H3,(H,25,30)(H2,26,27,31). The van der Waals surface area contributed by atoms with E-state index >= 15 is 0 Å². The minimum Gasteiger partial charge on any atom is -0.352 e. The molecule has 2 aromatic rings. The van der Waals surface area contributed by atoms with Crippen LogP contribution in [0.3, 0.4) is 0 Å². The average molecular weight is 423 g/mol. The quantitative estimate of drug-likeness (QED) is 0.580. The van der Waals surface area contributed by atoms with Crippen LogP contribution in [-0.4, -0.2) is 35.8 Å². The molecule has 0 atom stereocenters. The van der Waals surface area contributed by atoms with Gasteiger partial charge in [0.2, 0.25) is 5.91 Å². The van der Waals surface area contributed by atoms with Crippen molar-refractivity contribution in [2.45, 2.75) is 45.8 Å². The van der Waals surface area contributed by atoms with E-state index in [1.807, 2.05) is 48.2 Å². The monoisotopic (exact) mass is 422 g/mol. The minimum atomic E-state index is -0.277. The SMILES string of the molecule is CCCNC(=O)c1cccc(CNC(=O)NCc2cccc(CN3CCCC3=O)c2)c1. The molecule has 0 saturated carbocycles. The number of nitrogens with one attached hydrogen (secondary N) is 3. The molecule has 4 amide bonds. The fourth-order valence-corrected chi connectivity index (χ4v) is 3.52. The van der Waals surface area contributed by atoms with Gasteiger partial charge in [0, 0.05) is 44.7 Å². The van der Waals surface area contributed by atoms with Crippen molar-refractivity contribution in [2.75, 3.05) is 13.1 Å². The summed E-state index contributed by atoms with van der Waals surface area (Å²) in [7, 11) is 0. The van der Waals surface area contributed by atoms with Gasteiger partial charge in [-0.1, -0.05) is 43.3 Å². The number of urea groups is 1. The lowest BCUT2D eigenvalue weighted by molar-refractivity contribution is -0.128. The summed E-state index contributed by atoms with van der Waals surface area (Å²) in [5, 5.41) is 8.53. The van der Waals surface area contributed by atoms with Crippen molar-refractivity contribution < 1.29 is 14.4 Å². The molecule has 1 saturated heterocycles. The first kappa shape index (κ1) is 22.3. The van der Waals surface area contributed by atoms with E-state index in [1.165, 1.54) is 0 Å². The van der Waals surface area contributed by atoms with Crippen molar-refractivity contribution in [1.29, 1.82) is 0 Å². The average Bonchev–Trinajstić information content (AvgIpc) is 3.19. The molecule has 31 heavy (non-hydrogen) atoms. The zero-order valence-electron chi connectivity index (χ0n) is 17.9. The van der Waals surface area contributed by atoms with Gasteiger partial charge in [0.15, 0.2) is 0 Å². The summed E-state index contributed by atoms with van der Waals surface area (Å²) in [5.74, 6) is 0.0958. The third-order valence-corrected chi connectivity index (χ3v) is 5.17. The van der Waals surface area contributed by atoms with Gasteiger partial charge >= 0.3 is 6.03 Å². The lowest BCUT2D eigenvalue weighted by Gasteiger charge is -2.16. The molecule has 0 aliphatic carbocycles. The molecule has 1 aliphatic rings. The van der Waals surface area contributed by atoms with Crippen molar-refractivity contribution >= 4 is 17.8 Å². The Morgan fingerprint density at radius 1 is 0.935 bits per heavy atom. The third kappa shape index (κ3) is 6.84. The minimum absolute atomic E-state index is 0.108. The largest absolute Gasteiger partial charge is 0.352 e. The number of carbonyl (C=O) groups is 3. The van der Waals surface area contributed by atoms with E-state index < -0.39 is 0 Å². The van der Waals surface area contributed by atoms with Gasteiger partial charge in [0.05, 0.1) is 0 Å². The molecular formula is C24H30N4O3. The summed E-state index contributed by atoms with van der Waals surface area (Å²) in [6.45, 7) is 4.79. The Morgan fingerprint density at radius 3 is 2.29 bits per heavy atom. The van der Waals surface area contributed by atoms with Crippen LogP contribution in [-0.2, 0) is 24.4 Å². The maximum absolute atomic E-state index is 12.2. The molecule has 7 heteroatoms. The number of benzene rings is 2. The molecule has 3 rings (SSSR count). The second-order valence-corrected chi connectivity index (χ2v) is 7.73. The summed E-state index contributed by atoms with van der Waals surface area (Å²) in [6, 6.07) is 14.9. The Morgan fingerprint density at radius 2 is 1.61 bits per heavy atom. The van der Waals surface area contributed by atoms with E-state index in [0.29, 0.717) is 38.2 Å². The van der Waals surface area contributed by atoms with Crippen LogP contribution in [0.5, 0.6) is 0 Å². The molecular weight excluding hydrogens is 392 g/mol. The van der Waals surface area contributed by atoms with E-state index in [1.54, 1.807) is 12.1 Å². The van der Waals surface area contributed by atoms with Crippen molar-refractivity contribution in [3.8, 4) is 0 Å². The van der Waals surface area contributed by atoms with Gasteiger partial charge < -0.3 is 20.9 Å². The Kier molecular flexibility index (Phi) is 8.04. The van der Waals surface area contributed by atoms with Crippen LogP contribution < -0.4 is 16.0 Å². The number of carbonyl (C=O) groups excluding carboxylic acids is 3. The lowest BCUT2D eigenvalue weighted by atomic mass is 10.1. The van der Waals surface area contributed by atoms with Crippen LogP contribution in [0, 0.1) is 0 Å². The van der Waals surface area contributed by atoms with Gasteiger partial charge in [0.25, 0.3) is 5.91 Å². The predicted molar refractivity (Wildman–Crippen MR) is 119 cm³/mol. The Hall–Kier alpha value is -3.35. The van der Waals surface area contributed by atoms with Crippen molar-refractivity contribution in [2.24, 2.45) is 0 Å². The predicted octanol–water partition coefficient (Wildman–Crippen LogP) is 2.95. The molecule has 0 spiro atoms. The van der Waals surface area contributed by atoms with Gasteiger partial charge in [-0.25, -0.2) is 4.79 Å². The first-order valence-electron chi connectivity index (χ1n) is 10.8. The fraction of sp³-hybridized carbons (Fsp3) is 0.375. The second kappa shape index (κ2) is 11.2. The molecule has 0 bridgehead atoms. The van der Waals surface area contributed by atoms with Crippen LogP contribution in [0.25, 0.3) is 0 Å². The first-order valence-corrected chi connectivity index (χ1v) is 10.8. The van der Waals surface area contributed by atoms with Gasteiger partial charge in [-0.05, 0) is 41.7 Å². The summed E-state index contributed by atoms with van der Waals surface area (Å²) >= 11 is 0. The highest BCUT2D eigenvalue weighted by molar-refractivity contribution is 5.94. The molecule has 0 radical (unpaired) electrons. The normalized spacial score (nSPS) is 13.2. The van der Waals surface area contributed by atoms with Crippen molar-refractivity contribution in [1.82, 2.24) is 20.9 Å². The van der Waals surface area contributed by atoms with Crippen LogP contribution in [0.4, 0.5) is 4.79 Å². The van der Waals surface area contributed by atoms with E-state index in [9.17, 15) is 14.4 Å². The van der Waals surface area contributed by atoms with E-state index in [-0.39, 0.29) is 17.8 Å². The molecule has 1 heterocycles. The smallest absolute Gasteiger partial charge is 0.315 e. The first-order chi connectivity index (χ1) is 15.0. The van der Waals surface area contributed by atoms with Crippen LogP contribution in [0.15, 0.2) is 48.5 Å². The highest BCUT2D eigenvalue weighted by Gasteiger charge is 2.19. The zero-order valence-corrected chi connectivity index (χ0v) is 17.9. The number of nitrogens with zero attached hydrogens (tertiary/aromatic N) is 1. The van der Waals surface area contributed by atoms with Gasteiger partial charge in [0.1, 0.15) is 0 Å². The van der Waals surface area contributed by atoms with Crippen molar-refractivity contribution in [3.05, 3.63) is 70.8 Å². The molecule has 1 aliphatic heterocycles. The van der Waals surface area contributed by atoms with Crippen LogP contribution in [0.2, 0.25) is 0 Å². The summed E-state index contributed by atoms with van der Waals surface area (Å²) < 4.78 is 0. The molecule has 7 nitrogen and oxygen atoms in total. The van der Waals surface area contributed by atoms with E-state index in [0.717, 1.165) is 36.1 Å². The lowest BCUT2D eigenvalue weighted by Crippen LogP contribution is -2.34. The zero-order chi connectivity index (χ0) is 22.1. The Labute approximate surface area is 183 Å². The molecule has 0 aromatic heterocycles. The van der Waals surface area contributed by atoms with Gasteiger partial charge in [-0.3, -0.25) is 9.59 Å². The van der Waals surface area contributed by atoms with Crippen LogP contribution in [0.1, 0.15) is 53.2 Å². The third-order valence-electron chi connectivity index (χ3n) is 5.17. The van der Waals surface area contributed by atoms with Crippen molar-refractivity contribution in [3.63, 3.8) is 0 Å². The Balaban J connectivity index is 1.46. The number of hydrogen-bond acceptors (Lipinski definition) is 3. The molecule has 0 unspecified atom stereocenters. The number of likely N-dealkylation sites (tertiary alicyclic amines) is 1. The topological polar surface area (TPSA) is 90.5 Å². The fourth-order valence-electron chi connectivity index (χ4n) is 3.52. The van der Waals surface area contributed by atoms with E-state index in [2.05, 4.69) is 16.0 Å². The van der Waals surface area contributed by atoms with Gasteiger partial charge in [-0.15, -0.1) is 0 Å². The number of hydrogen-bond donors (Lipinski definition) is 3. The summed E-state index contributed by atoms with van der Waals surface area (Å²) in [6.07, 6.45) is 2.44. The second-order valence-electron chi connectivity index (χ2n) is 7.73. The number of amides is 4. The highest BCUT2D eigenvalue weighted by Crippen LogP contribution is 2.15. The molecule has 2 aromatic carbocycles. The molecule has 164 valence electrons. The summed E-state index contributed by atoms with van der Waals surface area (Å²) in [4.78, 5) is 38.0. The Bertz CT molecular complexity index is 929. The highest BCUT2D eigenvalue weighted by atomic mass is 16.2.